The van der Waals surface area contributed by atoms with Gasteiger partial charge in [0, 0.05) is 12.1 Å². The number of rotatable bonds is 10. The summed E-state index contributed by atoms with van der Waals surface area (Å²) in [6.07, 6.45) is 2.56. The van der Waals surface area contributed by atoms with Crippen LogP contribution in [0.25, 0.3) is 0 Å². The number of nitrogens with one attached hydrogen (secondary N) is 1. The summed E-state index contributed by atoms with van der Waals surface area (Å²) in [7, 11) is 6.35. The van der Waals surface area contributed by atoms with Crippen LogP contribution >= 0.6 is 0 Å². The maximum atomic E-state index is 12.8. The van der Waals surface area contributed by atoms with E-state index in [0.717, 1.165) is 24.4 Å². The SMILES string of the molecule is COc1ccc(C(CNC(=O)Cc2ccc(OC)c(OC)c2OC)N2CCCC2)cc1. The third-order valence-corrected chi connectivity index (χ3v) is 5.71. The van der Waals surface area contributed by atoms with Gasteiger partial charge in [-0.2, -0.15) is 0 Å². The van der Waals surface area contributed by atoms with Gasteiger partial charge in [-0.3, -0.25) is 9.69 Å². The van der Waals surface area contributed by atoms with Crippen LogP contribution in [0.5, 0.6) is 23.0 Å². The zero-order valence-electron chi connectivity index (χ0n) is 18.8. The molecule has 1 saturated heterocycles. The van der Waals surface area contributed by atoms with E-state index in [0.29, 0.717) is 23.8 Å². The molecule has 168 valence electrons. The molecule has 7 nitrogen and oxygen atoms in total. The Labute approximate surface area is 184 Å². The maximum Gasteiger partial charge on any atom is 0.224 e. The van der Waals surface area contributed by atoms with Crippen molar-refractivity contribution >= 4 is 5.91 Å². The summed E-state index contributed by atoms with van der Waals surface area (Å²) < 4.78 is 21.5. The smallest absolute Gasteiger partial charge is 0.224 e. The molecule has 0 spiro atoms. The topological polar surface area (TPSA) is 69.3 Å². The third kappa shape index (κ3) is 5.41. The summed E-state index contributed by atoms with van der Waals surface area (Å²) in [4.78, 5) is 15.2. The van der Waals surface area contributed by atoms with Crippen molar-refractivity contribution in [2.45, 2.75) is 25.3 Å². The largest absolute Gasteiger partial charge is 0.497 e. The fourth-order valence-corrected chi connectivity index (χ4v) is 4.09. The second-order valence-electron chi connectivity index (χ2n) is 7.51. The van der Waals surface area contributed by atoms with Crippen molar-refractivity contribution in [2.75, 3.05) is 48.1 Å². The molecule has 1 unspecified atom stereocenters. The van der Waals surface area contributed by atoms with Gasteiger partial charge in [-0.25, -0.2) is 0 Å². The minimum Gasteiger partial charge on any atom is -0.497 e. The molecule has 1 atom stereocenters. The molecule has 0 radical (unpaired) electrons. The Morgan fingerprint density at radius 1 is 0.903 bits per heavy atom. The number of hydrogen-bond donors (Lipinski definition) is 1. The van der Waals surface area contributed by atoms with Crippen LogP contribution < -0.4 is 24.3 Å². The van der Waals surface area contributed by atoms with Crippen LogP contribution in [0.3, 0.4) is 0 Å². The van der Waals surface area contributed by atoms with Crippen molar-refractivity contribution in [3.05, 3.63) is 47.5 Å². The number of methoxy groups -OCH3 is 4. The molecule has 3 rings (SSSR count). The lowest BCUT2D eigenvalue weighted by molar-refractivity contribution is -0.120. The second kappa shape index (κ2) is 10.9. The van der Waals surface area contributed by atoms with Gasteiger partial charge >= 0.3 is 0 Å². The summed E-state index contributed by atoms with van der Waals surface area (Å²) >= 11 is 0. The summed E-state index contributed by atoms with van der Waals surface area (Å²) in [5.41, 5.74) is 1.92. The van der Waals surface area contributed by atoms with Crippen LogP contribution in [0.15, 0.2) is 36.4 Å². The van der Waals surface area contributed by atoms with Crippen LogP contribution in [0.4, 0.5) is 0 Å². The highest BCUT2D eigenvalue weighted by molar-refractivity contribution is 5.80. The Morgan fingerprint density at radius 3 is 2.16 bits per heavy atom. The fraction of sp³-hybridized carbons (Fsp3) is 0.458. The molecule has 0 aliphatic carbocycles. The molecule has 1 heterocycles. The van der Waals surface area contributed by atoms with E-state index in [1.54, 1.807) is 34.5 Å². The highest BCUT2D eigenvalue weighted by Crippen LogP contribution is 2.39. The molecule has 7 heteroatoms. The fourth-order valence-electron chi connectivity index (χ4n) is 4.09. The van der Waals surface area contributed by atoms with Crippen molar-refractivity contribution in [1.82, 2.24) is 10.2 Å². The molecule has 0 saturated carbocycles. The zero-order chi connectivity index (χ0) is 22.2. The van der Waals surface area contributed by atoms with Crippen LogP contribution in [0, 0.1) is 0 Å². The van der Waals surface area contributed by atoms with E-state index in [1.165, 1.54) is 18.4 Å². The lowest BCUT2D eigenvalue weighted by Gasteiger charge is -2.28. The van der Waals surface area contributed by atoms with Crippen LogP contribution in [0.2, 0.25) is 0 Å². The first-order valence-corrected chi connectivity index (χ1v) is 10.5. The third-order valence-electron chi connectivity index (χ3n) is 5.71. The van der Waals surface area contributed by atoms with Crippen molar-refractivity contribution in [3.63, 3.8) is 0 Å². The highest BCUT2D eigenvalue weighted by Gasteiger charge is 2.24. The predicted octanol–water partition coefficient (Wildman–Crippen LogP) is 3.22. The first kappa shape index (κ1) is 22.7. The molecule has 1 aliphatic rings. The van der Waals surface area contributed by atoms with Crippen LogP contribution in [0.1, 0.15) is 30.0 Å². The maximum absolute atomic E-state index is 12.8. The molecular weight excluding hydrogens is 396 g/mol. The first-order valence-electron chi connectivity index (χ1n) is 10.5. The lowest BCUT2D eigenvalue weighted by Crippen LogP contribution is -2.37. The first-order chi connectivity index (χ1) is 15.1. The van der Waals surface area contributed by atoms with Crippen LogP contribution in [-0.4, -0.2) is 58.9 Å². The molecule has 1 aliphatic heterocycles. The quantitative estimate of drug-likeness (QED) is 0.627. The van der Waals surface area contributed by atoms with Gasteiger partial charge < -0.3 is 24.3 Å². The second-order valence-corrected chi connectivity index (χ2v) is 7.51. The Hall–Kier alpha value is -2.93. The molecular formula is C24H32N2O5. The van der Waals surface area contributed by atoms with E-state index in [4.69, 9.17) is 18.9 Å². The predicted molar refractivity (Wildman–Crippen MR) is 119 cm³/mol. The van der Waals surface area contributed by atoms with Crippen molar-refractivity contribution in [2.24, 2.45) is 0 Å². The average Bonchev–Trinajstić information content (AvgIpc) is 3.33. The molecule has 1 amide bonds. The van der Waals surface area contributed by atoms with E-state index in [-0.39, 0.29) is 18.4 Å². The summed E-state index contributed by atoms with van der Waals surface area (Å²) in [5.74, 6) is 2.33. The van der Waals surface area contributed by atoms with Crippen molar-refractivity contribution in [1.29, 1.82) is 0 Å². The lowest BCUT2D eigenvalue weighted by atomic mass is 10.0. The Balaban J connectivity index is 1.71. The van der Waals surface area contributed by atoms with E-state index < -0.39 is 0 Å². The molecule has 1 fully saturated rings. The van der Waals surface area contributed by atoms with Gasteiger partial charge in [0.15, 0.2) is 11.5 Å². The van der Waals surface area contributed by atoms with E-state index in [2.05, 4.69) is 22.3 Å². The molecule has 1 N–H and O–H groups in total. The molecule has 0 bridgehead atoms. The minimum atomic E-state index is -0.0665. The van der Waals surface area contributed by atoms with Gasteiger partial charge in [0.1, 0.15) is 5.75 Å². The van der Waals surface area contributed by atoms with Gasteiger partial charge in [0.05, 0.1) is 40.9 Å². The van der Waals surface area contributed by atoms with E-state index in [1.807, 2.05) is 18.2 Å². The number of nitrogens with zero attached hydrogens (tertiary/aromatic N) is 1. The minimum absolute atomic E-state index is 0.0665. The summed E-state index contributed by atoms with van der Waals surface area (Å²) in [6.45, 7) is 2.62. The average molecular weight is 429 g/mol. The number of likely N-dealkylation sites (tertiary alicyclic amines) is 1. The Kier molecular flexibility index (Phi) is 8.00. The van der Waals surface area contributed by atoms with Gasteiger partial charge in [0.25, 0.3) is 0 Å². The summed E-state index contributed by atoms with van der Waals surface area (Å²) in [5, 5.41) is 3.11. The summed E-state index contributed by atoms with van der Waals surface area (Å²) in [6, 6.07) is 11.8. The van der Waals surface area contributed by atoms with Crippen molar-refractivity contribution in [3.8, 4) is 23.0 Å². The molecule has 2 aromatic rings. The standard InChI is InChI=1S/C24H32N2O5/c1-28-19-10-7-17(8-11-19)20(26-13-5-6-14-26)16-25-22(27)15-18-9-12-21(29-2)24(31-4)23(18)30-3/h7-12,20H,5-6,13-16H2,1-4H3,(H,25,27). The Morgan fingerprint density at radius 2 is 1.58 bits per heavy atom. The number of benzene rings is 2. The Bertz CT molecular complexity index is 863. The molecule has 31 heavy (non-hydrogen) atoms. The molecule has 0 aromatic heterocycles. The number of ether oxygens (including phenoxy) is 4. The van der Waals surface area contributed by atoms with Gasteiger partial charge in [0.2, 0.25) is 11.7 Å². The monoisotopic (exact) mass is 428 g/mol. The number of carbonyl (C=O) groups is 1. The van der Waals surface area contributed by atoms with E-state index in [9.17, 15) is 4.79 Å². The van der Waals surface area contributed by atoms with Gasteiger partial charge in [-0.05, 0) is 49.7 Å². The highest BCUT2D eigenvalue weighted by atomic mass is 16.5. The molecule has 2 aromatic carbocycles. The van der Waals surface area contributed by atoms with E-state index >= 15 is 0 Å². The number of carbonyl (C=O) groups excluding carboxylic acids is 1. The van der Waals surface area contributed by atoms with Crippen LogP contribution in [-0.2, 0) is 11.2 Å². The number of hydrogen-bond acceptors (Lipinski definition) is 6. The normalized spacial score (nSPS) is 14.7. The number of amides is 1. The van der Waals surface area contributed by atoms with Crippen molar-refractivity contribution < 1.29 is 23.7 Å². The van der Waals surface area contributed by atoms with Gasteiger partial charge in [-0.15, -0.1) is 0 Å². The zero-order valence-corrected chi connectivity index (χ0v) is 18.8. The van der Waals surface area contributed by atoms with Gasteiger partial charge in [-0.1, -0.05) is 18.2 Å².